The fourth-order valence-corrected chi connectivity index (χ4v) is 3.25. The summed E-state index contributed by atoms with van der Waals surface area (Å²) in [6.45, 7) is 0. The number of hydrogen-bond donors (Lipinski definition) is 1. The number of benzene rings is 3. The van der Waals surface area contributed by atoms with Crippen molar-refractivity contribution >= 4 is 16.5 Å². The van der Waals surface area contributed by atoms with Crippen molar-refractivity contribution in [3.63, 3.8) is 0 Å². The zero-order valence-corrected chi connectivity index (χ0v) is 11.0. The molecule has 1 nitrogen and oxygen atoms in total. The van der Waals surface area contributed by atoms with E-state index in [1.165, 1.54) is 28.0 Å². The number of nitrogen functional groups attached to an aromatic ring is 1. The molecule has 0 amide bonds. The van der Waals surface area contributed by atoms with E-state index in [1.807, 2.05) is 6.07 Å². The smallest absolute Gasteiger partial charge is 0.146 e. The fraction of sp³-hybridized carbons (Fsp3) is 0.111. The summed E-state index contributed by atoms with van der Waals surface area (Å²) in [5, 5.41) is 2.50. The number of aryl methyl sites for hydroxylation is 2. The van der Waals surface area contributed by atoms with Crippen LogP contribution < -0.4 is 5.73 Å². The van der Waals surface area contributed by atoms with Crippen LogP contribution in [0.5, 0.6) is 0 Å². The molecule has 0 bridgehead atoms. The summed E-state index contributed by atoms with van der Waals surface area (Å²) in [7, 11) is 0. The molecule has 1 aliphatic carbocycles. The quantitative estimate of drug-likeness (QED) is 0.650. The summed E-state index contributed by atoms with van der Waals surface area (Å²) in [5.41, 5.74) is 10.7. The van der Waals surface area contributed by atoms with Crippen LogP contribution in [0.2, 0.25) is 0 Å². The van der Waals surface area contributed by atoms with Crippen LogP contribution in [-0.2, 0) is 12.8 Å². The van der Waals surface area contributed by atoms with Crippen molar-refractivity contribution in [2.24, 2.45) is 0 Å². The molecular formula is C18H14FN. The molecule has 3 aromatic rings. The number of nitrogens with two attached hydrogens (primary N) is 1. The monoisotopic (exact) mass is 263 g/mol. The maximum atomic E-state index is 13.7. The zero-order chi connectivity index (χ0) is 13.7. The molecule has 98 valence electrons. The first-order valence-electron chi connectivity index (χ1n) is 6.83. The highest BCUT2D eigenvalue weighted by atomic mass is 19.1. The molecule has 2 heteroatoms. The van der Waals surface area contributed by atoms with Gasteiger partial charge in [0.2, 0.25) is 0 Å². The average molecular weight is 263 g/mol. The fourth-order valence-electron chi connectivity index (χ4n) is 3.25. The summed E-state index contributed by atoms with van der Waals surface area (Å²) in [4.78, 5) is 0. The summed E-state index contributed by atoms with van der Waals surface area (Å²) in [6, 6.07) is 15.6. The molecule has 2 N–H and O–H groups in total. The molecule has 0 aliphatic heterocycles. The summed E-state index contributed by atoms with van der Waals surface area (Å²) in [5.74, 6) is -0.356. The minimum Gasteiger partial charge on any atom is -0.396 e. The maximum absolute atomic E-state index is 13.7. The largest absolute Gasteiger partial charge is 0.396 e. The Hall–Kier alpha value is -2.35. The lowest BCUT2D eigenvalue weighted by Gasteiger charge is -2.11. The molecule has 20 heavy (non-hydrogen) atoms. The van der Waals surface area contributed by atoms with E-state index in [9.17, 15) is 4.39 Å². The van der Waals surface area contributed by atoms with E-state index in [0.29, 0.717) is 0 Å². The molecule has 0 saturated carbocycles. The number of para-hydroxylation sites is 1. The van der Waals surface area contributed by atoms with Crippen molar-refractivity contribution < 1.29 is 4.39 Å². The van der Waals surface area contributed by atoms with Crippen LogP contribution in [-0.4, -0.2) is 0 Å². The first-order chi connectivity index (χ1) is 9.75. The van der Waals surface area contributed by atoms with E-state index >= 15 is 0 Å². The Kier molecular flexibility index (Phi) is 2.34. The first-order valence-corrected chi connectivity index (χ1v) is 6.83. The second kappa shape index (κ2) is 4.07. The zero-order valence-electron chi connectivity index (χ0n) is 11.0. The minimum atomic E-state index is -0.356. The van der Waals surface area contributed by atoms with Crippen LogP contribution in [0.1, 0.15) is 11.1 Å². The van der Waals surface area contributed by atoms with Gasteiger partial charge in [0.1, 0.15) is 5.82 Å². The SMILES string of the molecule is Nc1c(F)cccc1-c1ccc2c3c(cccc13)CC2. The van der Waals surface area contributed by atoms with Crippen LogP contribution in [0.25, 0.3) is 21.9 Å². The van der Waals surface area contributed by atoms with Crippen molar-refractivity contribution in [2.75, 3.05) is 5.73 Å². The van der Waals surface area contributed by atoms with Gasteiger partial charge in [-0.1, -0.05) is 42.5 Å². The Balaban J connectivity index is 2.09. The van der Waals surface area contributed by atoms with Crippen LogP contribution in [0.3, 0.4) is 0 Å². The lowest BCUT2D eigenvalue weighted by Crippen LogP contribution is -1.95. The van der Waals surface area contributed by atoms with E-state index < -0.39 is 0 Å². The third kappa shape index (κ3) is 1.48. The van der Waals surface area contributed by atoms with Crippen LogP contribution in [0.15, 0.2) is 48.5 Å². The predicted octanol–water partition coefficient (Wildman–Crippen LogP) is 4.33. The topological polar surface area (TPSA) is 26.0 Å². The molecule has 0 radical (unpaired) electrons. The highest BCUT2D eigenvalue weighted by Crippen LogP contribution is 2.39. The Morgan fingerprint density at radius 1 is 0.800 bits per heavy atom. The highest BCUT2D eigenvalue weighted by molar-refractivity contribution is 6.03. The van der Waals surface area contributed by atoms with Gasteiger partial charge in [0.25, 0.3) is 0 Å². The van der Waals surface area contributed by atoms with Gasteiger partial charge in [-0.05, 0) is 46.4 Å². The molecule has 3 aromatic carbocycles. The van der Waals surface area contributed by atoms with Crippen molar-refractivity contribution in [3.05, 3.63) is 65.5 Å². The van der Waals surface area contributed by atoms with Gasteiger partial charge < -0.3 is 5.73 Å². The Labute approximate surface area is 116 Å². The second-order valence-electron chi connectivity index (χ2n) is 5.31. The maximum Gasteiger partial charge on any atom is 0.146 e. The van der Waals surface area contributed by atoms with Gasteiger partial charge in [0.15, 0.2) is 0 Å². The summed E-state index contributed by atoms with van der Waals surface area (Å²) < 4.78 is 13.7. The number of anilines is 1. The van der Waals surface area contributed by atoms with E-state index in [0.717, 1.165) is 24.0 Å². The third-order valence-electron chi connectivity index (χ3n) is 4.22. The Morgan fingerprint density at radius 3 is 2.40 bits per heavy atom. The average Bonchev–Trinajstić information content (AvgIpc) is 2.88. The van der Waals surface area contributed by atoms with Gasteiger partial charge in [-0.25, -0.2) is 4.39 Å². The molecular weight excluding hydrogens is 249 g/mol. The molecule has 0 saturated heterocycles. The lowest BCUT2D eigenvalue weighted by molar-refractivity contribution is 0.633. The van der Waals surface area contributed by atoms with Gasteiger partial charge in [-0.15, -0.1) is 0 Å². The molecule has 0 aromatic heterocycles. The highest BCUT2D eigenvalue weighted by Gasteiger charge is 2.17. The normalized spacial score (nSPS) is 13.1. The van der Waals surface area contributed by atoms with Crippen molar-refractivity contribution in [1.29, 1.82) is 0 Å². The van der Waals surface area contributed by atoms with Gasteiger partial charge >= 0.3 is 0 Å². The Morgan fingerprint density at radius 2 is 1.55 bits per heavy atom. The predicted molar refractivity (Wildman–Crippen MR) is 81.2 cm³/mol. The van der Waals surface area contributed by atoms with E-state index in [-0.39, 0.29) is 11.5 Å². The van der Waals surface area contributed by atoms with Gasteiger partial charge in [0, 0.05) is 5.56 Å². The Bertz CT molecular complexity index is 826. The summed E-state index contributed by atoms with van der Waals surface area (Å²) >= 11 is 0. The lowest BCUT2D eigenvalue weighted by atomic mass is 9.94. The third-order valence-corrected chi connectivity index (χ3v) is 4.22. The first kappa shape index (κ1) is 11.5. The standard InChI is InChI=1S/C18H14FN/c19-16-6-2-5-15(18(16)20)13-10-9-12-8-7-11-3-1-4-14(13)17(11)12/h1-6,9-10H,7-8,20H2. The number of halogens is 1. The molecule has 0 atom stereocenters. The minimum absolute atomic E-state index is 0.228. The van der Waals surface area contributed by atoms with E-state index in [1.54, 1.807) is 6.07 Å². The van der Waals surface area contributed by atoms with Crippen LogP contribution in [0, 0.1) is 5.82 Å². The molecule has 0 unspecified atom stereocenters. The van der Waals surface area contributed by atoms with Gasteiger partial charge in [-0.3, -0.25) is 0 Å². The molecule has 1 aliphatic rings. The number of hydrogen-bond acceptors (Lipinski definition) is 1. The van der Waals surface area contributed by atoms with Gasteiger partial charge in [0.05, 0.1) is 5.69 Å². The molecule has 4 rings (SSSR count). The number of rotatable bonds is 1. The van der Waals surface area contributed by atoms with Crippen molar-refractivity contribution in [1.82, 2.24) is 0 Å². The summed E-state index contributed by atoms with van der Waals surface area (Å²) in [6.07, 6.45) is 2.18. The molecule has 0 fully saturated rings. The van der Waals surface area contributed by atoms with Crippen LogP contribution in [0.4, 0.5) is 10.1 Å². The van der Waals surface area contributed by atoms with E-state index in [4.69, 9.17) is 5.73 Å². The van der Waals surface area contributed by atoms with Gasteiger partial charge in [-0.2, -0.15) is 0 Å². The molecule has 0 heterocycles. The molecule has 0 spiro atoms. The van der Waals surface area contributed by atoms with Crippen molar-refractivity contribution in [2.45, 2.75) is 12.8 Å². The van der Waals surface area contributed by atoms with Crippen molar-refractivity contribution in [3.8, 4) is 11.1 Å². The van der Waals surface area contributed by atoms with E-state index in [2.05, 4.69) is 30.3 Å². The second-order valence-corrected chi connectivity index (χ2v) is 5.31. The van der Waals surface area contributed by atoms with Crippen LogP contribution >= 0.6 is 0 Å².